The Kier molecular flexibility index (Phi) is 5.56. The van der Waals surface area contributed by atoms with Crippen molar-refractivity contribution in [2.24, 2.45) is 0 Å². The summed E-state index contributed by atoms with van der Waals surface area (Å²) in [6.45, 7) is 0. The molecule has 0 aromatic rings. The van der Waals surface area contributed by atoms with Gasteiger partial charge in [-0.3, -0.25) is 0 Å². The van der Waals surface area contributed by atoms with E-state index in [4.69, 9.17) is 0 Å². The fraction of sp³-hybridized carbons (Fsp3) is 1.00. The van der Waals surface area contributed by atoms with E-state index in [2.05, 4.69) is 47.0 Å². The topological polar surface area (TPSA) is 0 Å². The second kappa shape index (κ2) is 6.42. The number of thioether (sulfide) groups is 4. The first-order valence-corrected chi connectivity index (χ1v) is 15.0. The van der Waals surface area contributed by atoms with Gasteiger partial charge >= 0.3 is 132 Å². The molecule has 6 heteroatoms. The predicted octanol–water partition coefficient (Wildman–Crippen LogP) is 2.13. The second-order valence-electron chi connectivity index (χ2n) is 3.76. The van der Waals surface area contributed by atoms with E-state index in [1.54, 1.807) is 4.47 Å². The summed E-state index contributed by atoms with van der Waals surface area (Å²) < 4.78 is 4.15. The van der Waals surface area contributed by atoms with E-state index in [-0.39, 0.29) is 0 Å². The minimum atomic E-state index is 0.386. The van der Waals surface area contributed by atoms with Gasteiger partial charge in [-0.15, -0.1) is 0 Å². The van der Waals surface area contributed by atoms with Gasteiger partial charge in [-0.1, -0.05) is 0 Å². The zero-order valence-electron chi connectivity index (χ0n) is 8.29. The summed E-state index contributed by atoms with van der Waals surface area (Å²) in [5, 5.41) is 2.14. The zero-order chi connectivity index (χ0) is 10.1. The standard InChI is InChI=1S/C9H14S4Te2/c1-6(10-1)3-12-8-5-14-9(15-8)13-4-7-2-11-7/h6-9H,1-5H2. The molecule has 0 saturated carbocycles. The van der Waals surface area contributed by atoms with Crippen molar-refractivity contribution in [2.75, 3.05) is 23.0 Å². The first kappa shape index (κ1) is 13.0. The molecule has 3 fully saturated rings. The van der Waals surface area contributed by atoms with Gasteiger partial charge < -0.3 is 0 Å². The van der Waals surface area contributed by atoms with Gasteiger partial charge in [0.2, 0.25) is 0 Å². The van der Waals surface area contributed by atoms with Crippen LogP contribution < -0.4 is 0 Å². The molecule has 0 nitrogen and oxygen atoms in total. The van der Waals surface area contributed by atoms with Gasteiger partial charge in [0.05, 0.1) is 0 Å². The summed E-state index contributed by atoms with van der Waals surface area (Å²) >= 11 is 9.91. The molecule has 0 radical (unpaired) electrons. The fourth-order valence-electron chi connectivity index (χ4n) is 1.26. The van der Waals surface area contributed by atoms with Crippen molar-refractivity contribution in [3.05, 3.63) is 0 Å². The molecule has 3 heterocycles. The maximum atomic E-state index is 2.38. The van der Waals surface area contributed by atoms with Crippen LogP contribution in [0.3, 0.4) is 0 Å². The molecule has 3 rings (SSSR count). The monoisotopic (exact) mass is 510 g/mol. The Morgan fingerprint density at radius 3 is 2.40 bits per heavy atom. The first-order valence-electron chi connectivity index (χ1n) is 5.13. The van der Waals surface area contributed by atoms with Crippen molar-refractivity contribution in [3.63, 3.8) is 0 Å². The molecular weight excluding hydrogens is 492 g/mol. The summed E-state index contributed by atoms with van der Waals surface area (Å²) in [7, 11) is 0. The van der Waals surface area contributed by atoms with E-state index in [0.29, 0.717) is 41.8 Å². The van der Waals surface area contributed by atoms with Crippen LogP contribution in [0.25, 0.3) is 0 Å². The average Bonchev–Trinajstić information content (AvgIpc) is 3.14. The SMILES string of the molecule is C1SC1CSC1C[Te]C(SCC2CS2)[Te]1. The van der Waals surface area contributed by atoms with Gasteiger partial charge in [0, 0.05) is 0 Å². The Labute approximate surface area is 130 Å². The first-order chi connectivity index (χ1) is 7.40. The normalized spacial score (nSPS) is 43.2. The third-order valence-corrected chi connectivity index (χ3v) is 24.3. The minimum absolute atomic E-state index is 0.386. The summed E-state index contributed by atoms with van der Waals surface area (Å²) in [6, 6.07) is 0. The van der Waals surface area contributed by atoms with Crippen LogP contribution in [-0.2, 0) is 0 Å². The molecule has 15 heavy (non-hydrogen) atoms. The van der Waals surface area contributed by atoms with Gasteiger partial charge in [0.25, 0.3) is 0 Å². The van der Waals surface area contributed by atoms with E-state index in [0.717, 1.165) is 10.5 Å². The third kappa shape index (κ3) is 4.87. The van der Waals surface area contributed by atoms with Crippen LogP contribution in [0.5, 0.6) is 0 Å². The van der Waals surface area contributed by atoms with Crippen molar-refractivity contribution in [1.29, 1.82) is 0 Å². The summed E-state index contributed by atoms with van der Waals surface area (Å²) in [5.74, 6) is 5.93. The average molecular weight is 506 g/mol. The number of hydrogen-bond acceptors (Lipinski definition) is 4. The van der Waals surface area contributed by atoms with E-state index in [1.807, 2.05) is 0 Å². The van der Waals surface area contributed by atoms with Gasteiger partial charge in [0.1, 0.15) is 0 Å². The molecule has 3 aliphatic heterocycles. The van der Waals surface area contributed by atoms with E-state index < -0.39 is 0 Å². The molecule has 4 unspecified atom stereocenters. The summed E-state index contributed by atoms with van der Waals surface area (Å²) in [4.78, 5) is 0. The van der Waals surface area contributed by atoms with Crippen LogP contribution in [0.15, 0.2) is 0 Å². The Hall–Kier alpha value is 2.98. The van der Waals surface area contributed by atoms with E-state index in [9.17, 15) is 0 Å². The van der Waals surface area contributed by atoms with Gasteiger partial charge in [-0.05, 0) is 0 Å². The zero-order valence-corrected chi connectivity index (χ0v) is 16.2. The molecule has 3 aliphatic rings. The molecule has 86 valence electrons. The van der Waals surface area contributed by atoms with Crippen LogP contribution in [0.4, 0.5) is 0 Å². The van der Waals surface area contributed by atoms with Crippen molar-refractivity contribution < 1.29 is 0 Å². The Morgan fingerprint density at radius 1 is 1.07 bits per heavy atom. The van der Waals surface area contributed by atoms with Crippen molar-refractivity contribution in [1.82, 2.24) is 0 Å². The van der Waals surface area contributed by atoms with E-state index >= 15 is 0 Å². The van der Waals surface area contributed by atoms with Crippen molar-refractivity contribution >= 4 is 88.9 Å². The molecule has 0 aromatic heterocycles. The molecule has 0 aromatic carbocycles. The van der Waals surface area contributed by atoms with Gasteiger partial charge in [0.15, 0.2) is 0 Å². The molecule has 0 N–H and O–H groups in total. The molecule has 0 bridgehead atoms. The Balaban J connectivity index is 1.30. The van der Waals surface area contributed by atoms with Crippen molar-refractivity contribution in [3.8, 4) is 0 Å². The Bertz CT molecular complexity index is 198. The molecule has 0 amide bonds. The number of rotatable bonds is 6. The van der Waals surface area contributed by atoms with E-state index in [1.165, 1.54) is 27.7 Å². The summed E-state index contributed by atoms with van der Waals surface area (Å²) in [6.07, 6.45) is 0. The van der Waals surface area contributed by atoms with Crippen molar-refractivity contribution in [2.45, 2.75) is 19.6 Å². The molecule has 0 spiro atoms. The molecular formula is C9H14S4Te2. The predicted molar refractivity (Wildman–Crippen MR) is 81.3 cm³/mol. The summed E-state index contributed by atoms with van der Waals surface area (Å²) in [5.41, 5.74) is 0. The van der Waals surface area contributed by atoms with Gasteiger partial charge in [-0.2, -0.15) is 0 Å². The molecule has 0 aliphatic carbocycles. The second-order valence-corrected chi connectivity index (χ2v) is 21.5. The van der Waals surface area contributed by atoms with Crippen LogP contribution >= 0.6 is 47.0 Å². The van der Waals surface area contributed by atoms with Crippen LogP contribution in [0.1, 0.15) is 0 Å². The quantitative estimate of drug-likeness (QED) is 0.401. The maximum absolute atomic E-state index is 2.38. The van der Waals surface area contributed by atoms with Crippen LogP contribution in [0.2, 0.25) is 4.47 Å². The van der Waals surface area contributed by atoms with Crippen LogP contribution in [0, 0.1) is 0 Å². The number of hydrogen-bond donors (Lipinski definition) is 0. The molecule has 3 saturated heterocycles. The third-order valence-electron chi connectivity index (χ3n) is 2.32. The van der Waals surface area contributed by atoms with Crippen LogP contribution in [-0.4, -0.2) is 80.0 Å². The Morgan fingerprint density at radius 2 is 1.73 bits per heavy atom. The van der Waals surface area contributed by atoms with Gasteiger partial charge in [-0.25, -0.2) is 0 Å². The fourth-order valence-corrected chi connectivity index (χ4v) is 25.0. The molecule has 4 atom stereocenters.